The SMILES string of the molecule is CC(COc1ccccc1)Nc1nc(F)nc2c1ncn2[C@@H]1O[C@H](CO)C(O)C1O. The predicted molar refractivity (Wildman–Crippen MR) is 103 cm³/mol. The van der Waals surface area contributed by atoms with Crippen molar-refractivity contribution in [3.8, 4) is 5.75 Å². The van der Waals surface area contributed by atoms with Crippen LogP contribution in [0.3, 0.4) is 0 Å². The number of fused-ring (bicyclic) bond motifs is 1. The average Bonchev–Trinajstić information content (AvgIpc) is 3.28. The molecule has 0 bridgehead atoms. The molecule has 10 nitrogen and oxygen atoms in total. The first-order valence-electron chi connectivity index (χ1n) is 9.45. The van der Waals surface area contributed by atoms with E-state index < -0.39 is 37.2 Å². The van der Waals surface area contributed by atoms with E-state index in [4.69, 9.17) is 9.47 Å². The van der Waals surface area contributed by atoms with E-state index in [0.717, 1.165) is 0 Å². The van der Waals surface area contributed by atoms with Crippen LogP contribution in [0.4, 0.5) is 10.2 Å². The van der Waals surface area contributed by atoms with Crippen LogP contribution in [-0.2, 0) is 4.74 Å². The first kappa shape index (κ1) is 20.4. The van der Waals surface area contributed by atoms with Crippen molar-refractivity contribution < 1.29 is 29.2 Å². The van der Waals surface area contributed by atoms with Gasteiger partial charge in [-0.2, -0.15) is 14.4 Å². The molecule has 11 heteroatoms. The number of imidazole rings is 1. The number of benzene rings is 1. The summed E-state index contributed by atoms with van der Waals surface area (Å²) in [6.45, 7) is 1.67. The number of aliphatic hydroxyl groups is 3. The molecule has 4 rings (SSSR count). The van der Waals surface area contributed by atoms with Crippen LogP contribution >= 0.6 is 0 Å². The molecule has 30 heavy (non-hydrogen) atoms. The zero-order valence-corrected chi connectivity index (χ0v) is 16.1. The summed E-state index contributed by atoms with van der Waals surface area (Å²) in [5, 5.41) is 32.6. The minimum absolute atomic E-state index is 0.0796. The van der Waals surface area contributed by atoms with Crippen molar-refractivity contribution in [2.45, 2.75) is 37.5 Å². The zero-order valence-electron chi connectivity index (χ0n) is 16.1. The highest BCUT2D eigenvalue weighted by Crippen LogP contribution is 2.32. The smallest absolute Gasteiger partial charge is 0.312 e. The molecule has 2 aromatic heterocycles. The molecule has 1 aliphatic heterocycles. The molecule has 1 saturated heterocycles. The number of anilines is 1. The molecule has 3 aromatic rings. The summed E-state index contributed by atoms with van der Waals surface area (Å²) in [5.74, 6) is 0.867. The second-order valence-corrected chi connectivity index (χ2v) is 7.06. The molecule has 1 aliphatic rings. The number of para-hydroxylation sites is 1. The number of aliphatic hydroxyl groups excluding tert-OH is 3. The molecule has 5 atom stereocenters. The number of rotatable bonds is 7. The van der Waals surface area contributed by atoms with Crippen molar-refractivity contribution in [3.63, 3.8) is 0 Å². The lowest BCUT2D eigenvalue weighted by Crippen LogP contribution is -2.33. The van der Waals surface area contributed by atoms with Crippen molar-refractivity contribution in [2.75, 3.05) is 18.5 Å². The summed E-state index contributed by atoms with van der Waals surface area (Å²) in [4.78, 5) is 11.8. The van der Waals surface area contributed by atoms with Gasteiger partial charge >= 0.3 is 6.08 Å². The Balaban J connectivity index is 1.55. The van der Waals surface area contributed by atoms with Crippen molar-refractivity contribution in [1.29, 1.82) is 0 Å². The van der Waals surface area contributed by atoms with Gasteiger partial charge in [-0.25, -0.2) is 4.98 Å². The van der Waals surface area contributed by atoms with Crippen LogP contribution in [-0.4, -0.2) is 72.4 Å². The highest BCUT2D eigenvalue weighted by Gasteiger charge is 2.44. The fraction of sp³-hybridized carbons (Fsp3) is 0.421. The highest BCUT2D eigenvalue weighted by atomic mass is 19.1. The van der Waals surface area contributed by atoms with Gasteiger partial charge < -0.3 is 30.1 Å². The van der Waals surface area contributed by atoms with Gasteiger partial charge in [-0.3, -0.25) is 4.57 Å². The van der Waals surface area contributed by atoms with Crippen LogP contribution in [0.15, 0.2) is 36.7 Å². The number of hydrogen-bond acceptors (Lipinski definition) is 9. The normalized spacial score (nSPS) is 24.8. The Labute approximate surface area is 170 Å². The Hall–Kier alpha value is -2.86. The number of nitrogens with zero attached hydrogens (tertiary/aromatic N) is 4. The number of halogens is 1. The van der Waals surface area contributed by atoms with E-state index in [2.05, 4.69) is 20.3 Å². The average molecular weight is 419 g/mol. The molecule has 3 heterocycles. The molecule has 0 saturated carbocycles. The second kappa shape index (κ2) is 8.48. The Kier molecular flexibility index (Phi) is 5.77. The summed E-state index contributed by atoms with van der Waals surface area (Å²) >= 11 is 0. The van der Waals surface area contributed by atoms with Crippen LogP contribution in [0.1, 0.15) is 13.2 Å². The zero-order chi connectivity index (χ0) is 21.3. The monoisotopic (exact) mass is 419 g/mol. The maximum Gasteiger partial charge on any atom is 0.312 e. The Morgan fingerprint density at radius 1 is 1.23 bits per heavy atom. The lowest BCUT2D eigenvalue weighted by molar-refractivity contribution is -0.0511. The molecule has 1 aromatic carbocycles. The van der Waals surface area contributed by atoms with Crippen molar-refractivity contribution in [2.24, 2.45) is 0 Å². The number of ether oxygens (including phenoxy) is 2. The maximum absolute atomic E-state index is 14.1. The standard InChI is InChI=1S/C19H22FN5O5/c1-10(8-29-11-5-3-2-4-6-11)22-16-13-17(24-19(20)23-16)25(9-21-13)18-15(28)14(27)12(7-26)30-18/h2-6,9-10,12,14-15,18,26-28H,7-8H2,1H3,(H,22,23,24)/t10?,12-,14?,15?,18-/m1/s1. The lowest BCUT2D eigenvalue weighted by Gasteiger charge is -2.17. The molecule has 3 unspecified atom stereocenters. The van der Waals surface area contributed by atoms with Crippen LogP contribution in [0, 0.1) is 6.08 Å². The molecule has 0 amide bonds. The van der Waals surface area contributed by atoms with Crippen LogP contribution in [0.5, 0.6) is 5.75 Å². The fourth-order valence-electron chi connectivity index (χ4n) is 3.30. The van der Waals surface area contributed by atoms with Gasteiger partial charge in [0.05, 0.1) is 19.0 Å². The van der Waals surface area contributed by atoms with Gasteiger partial charge in [0, 0.05) is 0 Å². The molecule has 1 fully saturated rings. The number of aromatic nitrogens is 4. The highest BCUT2D eigenvalue weighted by molar-refractivity contribution is 5.82. The predicted octanol–water partition coefficient (Wildman–Crippen LogP) is 0.456. The van der Waals surface area contributed by atoms with E-state index in [-0.39, 0.29) is 23.0 Å². The third-order valence-corrected chi connectivity index (χ3v) is 4.81. The van der Waals surface area contributed by atoms with Gasteiger partial charge in [0.1, 0.15) is 30.7 Å². The summed E-state index contributed by atoms with van der Waals surface area (Å²) in [6, 6.07) is 9.04. The fourth-order valence-corrected chi connectivity index (χ4v) is 3.30. The topological polar surface area (TPSA) is 135 Å². The van der Waals surface area contributed by atoms with Gasteiger partial charge in [0.25, 0.3) is 0 Å². The van der Waals surface area contributed by atoms with Gasteiger partial charge in [-0.1, -0.05) is 18.2 Å². The van der Waals surface area contributed by atoms with E-state index in [1.54, 1.807) is 0 Å². The van der Waals surface area contributed by atoms with Crippen LogP contribution in [0.2, 0.25) is 0 Å². The van der Waals surface area contributed by atoms with Gasteiger partial charge in [-0.05, 0) is 19.1 Å². The molecule has 160 valence electrons. The third-order valence-electron chi connectivity index (χ3n) is 4.81. The van der Waals surface area contributed by atoms with Crippen molar-refractivity contribution in [3.05, 3.63) is 42.7 Å². The van der Waals surface area contributed by atoms with Gasteiger partial charge in [0.15, 0.2) is 23.2 Å². The molecule has 4 N–H and O–H groups in total. The van der Waals surface area contributed by atoms with Gasteiger partial charge in [-0.15, -0.1) is 0 Å². The number of hydrogen-bond donors (Lipinski definition) is 4. The van der Waals surface area contributed by atoms with Crippen molar-refractivity contribution >= 4 is 17.0 Å². The largest absolute Gasteiger partial charge is 0.491 e. The maximum atomic E-state index is 14.1. The van der Waals surface area contributed by atoms with E-state index in [1.807, 2.05) is 37.3 Å². The third kappa shape index (κ3) is 3.92. The van der Waals surface area contributed by atoms with Crippen molar-refractivity contribution in [1.82, 2.24) is 19.5 Å². The quantitative estimate of drug-likeness (QED) is 0.403. The van der Waals surface area contributed by atoms with Crippen LogP contribution in [0.25, 0.3) is 11.2 Å². The van der Waals surface area contributed by atoms with E-state index in [0.29, 0.717) is 12.4 Å². The van der Waals surface area contributed by atoms with Crippen LogP contribution < -0.4 is 10.1 Å². The van der Waals surface area contributed by atoms with E-state index in [9.17, 15) is 19.7 Å². The molecule has 0 radical (unpaired) electrons. The summed E-state index contributed by atoms with van der Waals surface area (Å²) < 4.78 is 26.6. The number of nitrogens with one attached hydrogen (secondary N) is 1. The minimum atomic E-state index is -1.34. The first-order chi connectivity index (χ1) is 14.5. The molecular weight excluding hydrogens is 397 g/mol. The summed E-state index contributed by atoms with van der Waals surface area (Å²) in [6.07, 6.45) is -4.36. The lowest BCUT2D eigenvalue weighted by atomic mass is 10.1. The Morgan fingerprint density at radius 2 is 2.00 bits per heavy atom. The molecule has 0 aliphatic carbocycles. The summed E-state index contributed by atoms with van der Waals surface area (Å²) in [7, 11) is 0. The summed E-state index contributed by atoms with van der Waals surface area (Å²) in [5.41, 5.74) is 0.344. The van der Waals surface area contributed by atoms with Gasteiger partial charge in [0.2, 0.25) is 0 Å². The minimum Gasteiger partial charge on any atom is -0.491 e. The first-order valence-corrected chi connectivity index (χ1v) is 9.45. The van der Waals surface area contributed by atoms with E-state index >= 15 is 0 Å². The Morgan fingerprint density at radius 3 is 2.70 bits per heavy atom. The second-order valence-electron chi connectivity index (χ2n) is 7.06. The molecular formula is C19H22FN5O5. The Bertz CT molecular complexity index is 1000. The molecule has 0 spiro atoms. The van der Waals surface area contributed by atoms with E-state index in [1.165, 1.54) is 10.9 Å².